The van der Waals surface area contributed by atoms with Crippen molar-refractivity contribution in [2.24, 2.45) is 0 Å². The second-order valence-electron chi connectivity index (χ2n) is 4.54. The molecule has 106 valence electrons. The third-order valence-electron chi connectivity index (χ3n) is 2.94. The maximum atomic E-state index is 5.92. The van der Waals surface area contributed by atoms with Gasteiger partial charge in [0.1, 0.15) is 12.4 Å². The fourth-order valence-electron chi connectivity index (χ4n) is 1.86. The number of halogens is 1. The van der Waals surface area contributed by atoms with Crippen LogP contribution in [0.2, 0.25) is 0 Å². The highest BCUT2D eigenvalue weighted by molar-refractivity contribution is 9.10. The Kier molecular flexibility index (Phi) is 6.02. The van der Waals surface area contributed by atoms with E-state index in [0.29, 0.717) is 6.61 Å². The van der Waals surface area contributed by atoms with E-state index in [-0.39, 0.29) is 0 Å². The Labute approximate surface area is 128 Å². The van der Waals surface area contributed by atoms with Crippen LogP contribution in [0.3, 0.4) is 0 Å². The number of ether oxygens (including phenoxy) is 1. The summed E-state index contributed by atoms with van der Waals surface area (Å²) in [6.07, 6.45) is 4.74. The lowest BCUT2D eigenvalue weighted by Gasteiger charge is -2.12. The number of nitrogens with zero attached hydrogens (tertiary/aromatic N) is 1. The fraction of sp³-hybridized carbons (Fsp3) is 0.312. The Morgan fingerprint density at radius 2 is 2.05 bits per heavy atom. The molecule has 0 aliphatic heterocycles. The minimum atomic E-state index is 0.548. The monoisotopic (exact) mass is 334 g/mol. The molecule has 0 unspecified atom stereocenters. The van der Waals surface area contributed by atoms with Gasteiger partial charge in [0.15, 0.2) is 0 Å². The molecule has 2 aromatic rings. The predicted octanol–water partition coefficient (Wildman–Crippen LogP) is 3.92. The molecule has 0 bridgehead atoms. The molecule has 3 nitrogen and oxygen atoms in total. The molecule has 2 rings (SSSR count). The molecular weight excluding hydrogens is 316 g/mol. The molecule has 4 heteroatoms. The fourth-order valence-corrected chi connectivity index (χ4v) is 2.26. The highest BCUT2D eigenvalue weighted by Gasteiger charge is 2.05. The lowest BCUT2D eigenvalue weighted by molar-refractivity contribution is 0.301. The molecule has 0 amide bonds. The summed E-state index contributed by atoms with van der Waals surface area (Å²) in [5, 5.41) is 3.37. The Balaban J connectivity index is 2.00. The van der Waals surface area contributed by atoms with Crippen LogP contribution >= 0.6 is 15.9 Å². The number of benzene rings is 1. The number of pyridine rings is 1. The van der Waals surface area contributed by atoms with Gasteiger partial charge in [-0.15, -0.1) is 0 Å². The Morgan fingerprint density at radius 1 is 1.20 bits per heavy atom. The third-order valence-corrected chi connectivity index (χ3v) is 3.72. The van der Waals surface area contributed by atoms with Gasteiger partial charge in [0.05, 0.1) is 0 Å². The molecule has 0 saturated carbocycles. The highest BCUT2D eigenvalue weighted by atomic mass is 79.9. The Morgan fingerprint density at radius 3 is 2.85 bits per heavy atom. The first-order valence-corrected chi connectivity index (χ1v) is 7.60. The topological polar surface area (TPSA) is 34.2 Å². The van der Waals surface area contributed by atoms with Gasteiger partial charge in [-0.1, -0.05) is 41.1 Å². The van der Waals surface area contributed by atoms with Crippen molar-refractivity contribution < 1.29 is 4.74 Å². The van der Waals surface area contributed by atoms with E-state index < -0.39 is 0 Å². The van der Waals surface area contributed by atoms with Crippen LogP contribution in [0.25, 0.3) is 0 Å². The zero-order chi connectivity index (χ0) is 14.2. The van der Waals surface area contributed by atoms with Crippen molar-refractivity contribution in [1.82, 2.24) is 10.3 Å². The van der Waals surface area contributed by atoms with Crippen molar-refractivity contribution in [2.45, 2.75) is 26.5 Å². The molecule has 0 radical (unpaired) electrons. The van der Waals surface area contributed by atoms with E-state index in [2.05, 4.69) is 39.2 Å². The van der Waals surface area contributed by atoms with Gasteiger partial charge < -0.3 is 10.1 Å². The molecule has 1 N–H and O–H groups in total. The summed E-state index contributed by atoms with van der Waals surface area (Å²) in [5.74, 6) is 0.888. The Hall–Kier alpha value is -1.39. The zero-order valence-electron chi connectivity index (χ0n) is 11.6. The lowest BCUT2D eigenvalue weighted by atomic mass is 10.2. The quantitative estimate of drug-likeness (QED) is 0.779. The van der Waals surface area contributed by atoms with Crippen LogP contribution in [0.15, 0.2) is 47.2 Å². The molecule has 0 spiro atoms. The normalized spacial score (nSPS) is 10.5. The lowest BCUT2D eigenvalue weighted by Crippen LogP contribution is -2.14. The number of aromatic nitrogens is 1. The van der Waals surface area contributed by atoms with Crippen LogP contribution in [-0.4, -0.2) is 11.5 Å². The first-order chi connectivity index (χ1) is 9.81. The highest BCUT2D eigenvalue weighted by Crippen LogP contribution is 2.21. The van der Waals surface area contributed by atoms with Crippen molar-refractivity contribution in [3.63, 3.8) is 0 Å². The number of hydrogen-bond acceptors (Lipinski definition) is 3. The van der Waals surface area contributed by atoms with E-state index >= 15 is 0 Å². The van der Waals surface area contributed by atoms with Crippen molar-refractivity contribution in [3.05, 3.63) is 58.3 Å². The Bertz CT molecular complexity index is 546. The second-order valence-corrected chi connectivity index (χ2v) is 5.39. The first-order valence-electron chi connectivity index (χ1n) is 6.81. The summed E-state index contributed by atoms with van der Waals surface area (Å²) in [4.78, 5) is 4.17. The van der Waals surface area contributed by atoms with Crippen LogP contribution < -0.4 is 10.1 Å². The van der Waals surface area contributed by atoms with E-state index in [0.717, 1.165) is 40.9 Å². The smallest absolute Gasteiger partial charge is 0.127 e. The van der Waals surface area contributed by atoms with E-state index in [1.165, 1.54) is 0 Å². The maximum absolute atomic E-state index is 5.92. The molecule has 0 atom stereocenters. The summed E-state index contributed by atoms with van der Waals surface area (Å²) in [7, 11) is 0. The SMILES string of the molecule is CCCNCc1cnccc1OCc1ccccc1Br. The van der Waals surface area contributed by atoms with Crippen LogP contribution in [0.4, 0.5) is 0 Å². The second kappa shape index (κ2) is 8.02. The molecule has 0 fully saturated rings. The minimum Gasteiger partial charge on any atom is -0.488 e. The number of rotatable bonds is 7. The summed E-state index contributed by atoms with van der Waals surface area (Å²) >= 11 is 3.53. The average Bonchev–Trinajstić information content (AvgIpc) is 2.48. The van der Waals surface area contributed by atoms with E-state index in [9.17, 15) is 0 Å². The molecule has 0 aliphatic rings. The molecule has 1 aromatic heterocycles. The molecular formula is C16H19BrN2O. The van der Waals surface area contributed by atoms with Gasteiger partial charge in [0, 0.05) is 34.5 Å². The molecule has 1 heterocycles. The van der Waals surface area contributed by atoms with Gasteiger partial charge in [-0.2, -0.15) is 0 Å². The van der Waals surface area contributed by atoms with E-state index in [4.69, 9.17) is 4.74 Å². The van der Waals surface area contributed by atoms with Crippen LogP contribution in [-0.2, 0) is 13.2 Å². The van der Waals surface area contributed by atoms with Gasteiger partial charge in [-0.05, 0) is 25.1 Å². The molecule has 0 aliphatic carbocycles. The predicted molar refractivity (Wildman–Crippen MR) is 84.7 cm³/mol. The van der Waals surface area contributed by atoms with E-state index in [1.807, 2.05) is 30.5 Å². The van der Waals surface area contributed by atoms with Crippen LogP contribution in [0.1, 0.15) is 24.5 Å². The third kappa shape index (κ3) is 4.32. The van der Waals surface area contributed by atoms with Crippen molar-refractivity contribution >= 4 is 15.9 Å². The zero-order valence-corrected chi connectivity index (χ0v) is 13.2. The number of hydrogen-bond donors (Lipinski definition) is 1. The largest absolute Gasteiger partial charge is 0.488 e. The summed E-state index contributed by atoms with van der Waals surface area (Å²) in [6.45, 7) is 4.48. The summed E-state index contributed by atoms with van der Waals surface area (Å²) in [5.41, 5.74) is 2.23. The van der Waals surface area contributed by atoms with E-state index in [1.54, 1.807) is 6.20 Å². The molecule has 20 heavy (non-hydrogen) atoms. The average molecular weight is 335 g/mol. The van der Waals surface area contributed by atoms with Crippen LogP contribution in [0, 0.1) is 0 Å². The molecule has 1 aromatic carbocycles. The van der Waals surface area contributed by atoms with Gasteiger partial charge >= 0.3 is 0 Å². The van der Waals surface area contributed by atoms with Crippen molar-refractivity contribution in [1.29, 1.82) is 0 Å². The first kappa shape index (κ1) is 15.0. The summed E-state index contributed by atoms with van der Waals surface area (Å²) < 4.78 is 6.99. The maximum Gasteiger partial charge on any atom is 0.127 e. The minimum absolute atomic E-state index is 0.548. The summed E-state index contributed by atoms with van der Waals surface area (Å²) in [6, 6.07) is 10.0. The molecule has 0 saturated heterocycles. The van der Waals surface area contributed by atoms with Gasteiger partial charge in [0.25, 0.3) is 0 Å². The van der Waals surface area contributed by atoms with Crippen molar-refractivity contribution in [3.8, 4) is 5.75 Å². The number of nitrogens with one attached hydrogen (secondary N) is 1. The standard InChI is InChI=1S/C16H19BrN2O/c1-2-8-18-10-14-11-19-9-7-16(14)20-12-13-5-3-4-6-15(13)17/h3-7,9,11,18H,2,8,10,12H2,1H3. The van der Waals surface area contributed by atoms with Crippen molar-refractivity contribution in [2.75, 3.05) is 6.54 Å². The van der Waals surface area contributed by atoms with Gasteiger partial charge in [0.2, 0.25) is 0 Å². The van der Waals surface area contributed by atoms with Gasteiger partial charge in [-0.3, -0.25) is 4.98 Å². The van der Waals surface area contributed by atoms with Crippen LogP contribution in [0.5, 0.6) is 5.75 Å². The van der Waals surface area contributed by atoms with Gasteiger partial charge in [-0.25, -0.2) is 0 Å².